The van der Waals surface area contributed by atoms with Crippen LogP contribution in [0.15, 0.2) is 36.4 Å². The van der Waals surface area contributed by atoms with Crippen molar-refractivity contribution < 1.29 is 13.2 Å². The second-order valence-corrected chi connectivity index (χ2v) is 3.96. The third-order valence-corrected chi connectivity index (χ3v) is 2.45. The van der Waals surface area contributed by atoms with Crippen molar-refractivity contribution in [3.63, 3.8) is 0 Å². The van der Waals surface area contributed by atoms with Gasteiger partial charge in [0.15, 0.2) is 0 Å². The Labute approximate surface area is 99.3 Å². The maximum absolute atomic E-state index is 12.6. The summed E-state index contributed by atoms with van der Waals surface area (Å²) in [7, 11) is 0. The maximum Gasteiger partial charge on any atom is 0.416 e. The minimum absolute atomic E-state index is 0.234. The zero-order valence-electron chi connectivity index (χ0n) is 9.93. The lowest BCUT2D eigenvalue weighted by Crippen LogP contribution is -2.22. The molecule has 1 rings (SSSR count). The molecule has 0 amide bonds. The molecule has 1 N–H and O–H groups in total. The van der Waals surface area contributed by atoms with Crippen molar-refractivity contribution in [2.45, 2.75) is 26.1 Å². The van der Waals surface area contributed by atoms with Crippen molar-refractivity contribution in [3.05, 3.63) is 47.5 Å². The van der Waals surface area contributed by atoms with Crippen LogP contribution < -0.4 is 5.32 Å². The van der Waals surface area contributed by atoms with Gasteiger partial charge in [-0.2, -0.15) is 13.2 Å². The molecular formula is C13H16F3N. The highest BCUT2D eigenvalue weighted by Crippen LogP contribution is 2.31. The maximum atomic E-state index is 12.6. The van der Waals surface area contributed by atoms with Crippen LogP contribution in [0, 0.1) is 0 Å². The molecule has 94 valence electrons. The standard InChI is InChI=1S/C13H16F3N/c1-4-17-12(9(2)3)10-6-5-7-11(8-10)13(14,15)16/h5-8,12,17H,2,4H2,1,3H3. The predicted molar refractivity (Wildman–Crippen MR) is 62.7 cm³/mol. The summed E-state index contributed by atoms with van der Waals surface area (Å²) in [6.07, 6.45) is -4.30. The Morgan fingerprint density at radius 1 is 1.41 bits per heavy atom. The van der Waals surface area contributed by atoms with Crippen LogP contribution in [0.3, 0.4) is 0 Å². The van der Waals surface area contributed by atoms with Gasteiger partial charge in [-0.15, -0.1) is 0 Å². The number of alkyl halides is 3. The van der Waals surface area contributed by atoms with Crippen molar-refractivity contribution in [3.8, 4) is 0 Å². The Morgan fingerprint density at radius 3 is 2.53 bits per heavy atom. The Morgan fingerprint density at radius 2 is 2.06 bits per heavy atom. The summed E-state index contributed by atoms with van der Waals surface area (Å²) in [4.78, 5) is 0. The van der Waals surface area contributed by atoms with Gasteiger partial charge in [0.2, 0.25) is 0 Å². The summed E-state index contributed by atoms with van der Waals surface area (Å²) in [5.74, 6) is 0. The summed E-state index contributed by atoms with van der Waals surface area (Å²) in [5.41, 5.74) is 0.763. The molecule has 0 spiro atoms. The Hall–Kier alpha value is -1.29. The molecule has 4 heteroatoms. The van der Waals surface area contributed by atoms with Gasteiger partial charge in [-0.05, 0) is 31.2 Å². The third-order valence-electron chi connectivity index (χ3n) is 2.45. The number of likely N-dealkylation sites (N-methyl/N-ethyl adjacent to an activating group) is 1. The molecule has 0 aliphatic carbocycles. The normalized spacial score (nSPS) is 13.5. The van der Waals surface area contributed by atoms with E-state index in [1.807, 2.05) is 6.92 Å². The van der Waals surface area contributed by atoms with Gasteiger partial charge < -0.3 is 5.32 Å². The molecule has 0 bridgehead atoms. The van der Waals surface area contributed by atoms with Crippen molar-refractivity contribution in [2.24, 2.45) is 0 Å². The van der Waals surface area contributed by atoms with E-state index in [0.717, 1.165) is 11.6 Å². The Kier molecular flexibility index (Phi) is 4.34. The highest BCUT2D eigenvalue weighted by atomic mass is 19.4. The summed E-state index contributed by atoms with van der Waals surface area (Å²) in [6, 6.07) is 5.11. The fraction of sp³-hybridized carbons (Fsp3) is 0.385. The van der Waals surface area contributed by atoms with E-state index >= 15 is 0 Å². The molecule has 0 radical (unpaired) electrons. The molecule has 0 heterocycles. The predicted octanol–water partition coefficient (Wildman–Crippen LogP) is 3.93. The highest BCUT2D eigenvalue weighted by Gasteiger charge is 2.30. The fourth-order valence-electron chi connectivity index (χ4n) is 1.68. The van der Waals surface area contributed by atoms with E-state index in [0.29, 0.717) is 12.1 Å². The quantitative estimate of drug-likeness (QED) is 0.790. The minimum atomic E-state index is -4.30. The Bertz CT molecular complexity index is 396. The molecule has 0 aliphatic rings. The average molecular weight is 243 g/mol. The zero-order valence-corrected chi connectivity index (χ0v) is 9.93. The number of benzene rings is 1. The van der Waals surface area contributed by atoms with Gasteiger partial charge in [0.25, 0.3) is 0 Å². The van der Waals surface area contributed by atoms with Gasteiger partial charge in [0, 0.05) is 0 Å². The number of hydrogen-bond acceptors (Lipinski definition) is 1. The van der Waals surface area contributed by atoms with E-state index < -0.39 is 11.7 Å². The topological polar surface area (TPSA) is 12.0 Å². The van der Waals surface area contributed by atoms with Crippen LogP contribution >= 0.6 is 0 Å². The third kappa shape index (κ3) is 3.60. The first kappa shape index (κ1) is 13.8. The van der Waals surface area contributed by atoms with Gasteiger partial charge in [0.1, 0.15) is 0 Å². The van der Waals surface area contributed by atoms with E-state index in [4.69, 9.17) is 0 Å². The second-order valence-electron chi connectivity index (χ2n) is 3.96. The largest absolute Gasteiger partial charge is 0.416 e. The lowest BCUT2D eigenvalue weighted by atomic mass is 9.99. The summed E-state index contributed by atoms with van der Waals surface area (Å²) >= 11 is 0. The summed E-state index contributed by atoms with van der Waals surface area (Å²) in [5, 5.41) is 3.11. The van der Waals surface area contributed by atoms with Gasteiger partial charge in [-0.1, -0.05) is 31.2 Å². The van der Waals surface area contributed by atoms with Crippen LogP contribution in [-0.2, 0) is 6.18 Å². The van der Waals surface area contributed by atoms with Crippen molar-refractivity contribution in [1.29, 1.82) is 0 Å². The molecule has 0 saturated carbocycles. The molecule has 1 aromatic carbocycles. The van der Waals surface area contributed by atoms with E-state index in [1.165, 1.54) is 12.1 Å². The van der Waals surface area contributed by atoms with Crippen LogP contribution in [0.4, 0.5) is 13.2 Å². The SMILES string of the molecule is C=C(C)C(NCC)c1cccc(C(F)(F)F)c1. The molecule has 17 heavy (non-hydrogen) atoms. The monoisotopic (exact) mass is 243 g/mol. The van der Waals surface area contributed by atoms with Crippen molar-refractivity contribution in [1.82, 2.24) is 5.32 Å². The molecule has 1 unspecified atom stereocenters. The number of nitrogens with one attached hydrogen (secondary N) is 1. The summed E-state index contributed by atoms with van der Waals surface area (Å²) in [6.45, 7) is 8.18. The van der Waals surface area contributed by atoms with Gasteiger partial charge in [-0.3, -0.25) is 0 Å². The molecule has 1 aromatic rings. The van der Waals surface area contributed by atoms with Gasteiger partial charge >= 0.3 is 6.18 Å². The number of hydrogen-bond donors (Lipinski definition) is 1. The van der Waals surface area contributed by atoms with Crippen molar-refractivity contribution >= 4 is 0 Å². The summed E-state index contributed by atoms with van der Waals surface area (Å²) < 4.78 is 37.7. The van der Waals surface area contributed by atoms with Gasteiger partial charge in [0.05, 0.1) is 11.6 Å². The lowest BCUT2D eigenvalue weighted by molar-refractivity contribution is -0.137. The van der Waals surface area contributed by atoms with Crippen LogP contribution in [0.25, 0.3) is 0 Å². The van der Waals surface area contributed by atoms with E-state index in [-0.39, 0.29) is 6.04 Å². The minimum Gasteiger partial charge on any atom is -0.307 e. The second kappa shape index (κ2) is 5.36. The molecule has 0 aliphatic heterocycles. The highest BCUT2D eigenvalue weighted by molar-refractivity contribution is 5.31. The smallest absolute Gasteiger partial charge is 0.307 e. The molecular weight excluding hydrogens is 227 g/mol. The fourth-order valence-corrected chi connectivity index (χ4v) is 1.68. The van der Waals surface area contributed by atoms with E-state index in [1.54, 1.807) is 13.0 Å². The molecule has 0 saturated heterocycles. The van der Waals surface area contributed by atoms with Crippen LogP contribution in [-0.4, -0.2) is 6.54 Å². The molecule has 0 aromatic heterocycles. The van der Waals surface area contributed by atoms with Crippen molar-refractivity contribution in [2.75, 3.05) is 6.54 Å². The van der Waals surface area contributed by atoms with Crippen LogP contribution in [0.1, 0.15) is 31.0 Å². The lowest BCUT2D eigenvalue weighted by Gasteiger charge is -2.19. The van der Waals surface area contributed by atoms with E-state index in [9.17, 15) is 13.2 Å². The first-order chi connectivity index (χ1) is 7.86. The van der Waals surface area contributed by atoms with Crippen LogP contribution in [0.2, 0.25) is 0 Å². The van der Waals surface area contributed by atoms with Crippen LogP contribution in [0.5, 0.6) is 0 Å². The first-order valence-electron chi connectivity index (χ1n) is 5.42. The zero-order chi connectivity index (χ0) is 13.1. The average Bonchev–Trinajstić information content (AvgIpc) is 2.24. The number of rotatable bonds is 4. The first-order valence-corrected chi connectivity index (χ1v) is 5.42. The van der Waals surface area contributed by atoms with Gasteiger partial charge in [-0.25, -0.2) is 0 Å². The Balaban J connectivity index is 3.08. The number of halogens is 3. The van der Waals surface area contributed by atoms with E-state index in [2.05, 4.69) is 11.9 Å². The molecule has 1 atom stereocenters. The molecule has 0 fully saturated rings. The molecule has 1 nitrogen and oxygen atoms in total.